The van der Waals surface area contributed by atoms with E-state index in [4.69, 9.17) is 9.47 Å². The second kappa shape index (κ2) is 4.23. The van der Waals surface area contributed by atoms with E-state index in [2.05, 4.69) is 29.7 Å². The van der Waals surface area contributed by atoms with Crippen molar-refractivity contribution in [3.05, 3.63) is 0 Å². The van der Waals surface area contributed by atoms with Crippen LogP contribution in [0.25, 0.3) is 0 Å². The van der Waals surface area contributed by atoms with Crippen molar-refractivity contribution >= 4 is 54.9 Å². The number of hydrogen-bond acceptors (Lipinski definition) is 6. The zero-order chi connectivity index (χ0) is 14.4. The Hall–Kier alpha value is 0.320. The van der Waals surface area contributed by atoms with Crippen LogP contribution in [0.1, 0.15) is 25.7 Å². The second-order valence-corrected chi connectivity index (χ2v) is 12.5. The minimum atomic E-state index is -1.09. The molecule has 0 aromatic rings. The molecule has 6 nitrogen and oxygen atoms in total. The van der Waals surface area contributed by atoms with Gasteiger partial charge in [0.15, 0.2) is 0 Å². The average molecular weight is 518 g/mol. The molecule has 2 N–H and O–H groups in total. The summed E-state index contributed by atoms with van der Waals surface area (Å²) < 4.78 is 17.6. The van der Waals surface area contributed by atoms with E-state index in [1.54, 1.807) is 0 Å². The van der Waals surface area contributed by atoms with Gasteiger partial charge < -0.3 is 0 Å². The molecule has 0 radical (unpaired) electrons. The summed E-state index contributed by atoms with van der Waals surface area (Å²) in [4.78, 5) is 23.7. The number of alkyl halides is 2. The van der Waals surface area contributed by atoms with Gasteiger partial charge in [-0.2, -0.15) is 0 Å². The Labute approximate surface area is 143 Å². The first-order valence-electron chi connectivity index (χ1n) is 7.28. The monoisotopic (exact) mass is 518 g/mol. The molecule has 5 fully saturated rings. The van der Waals surface area contributed by atoms with Gasteiger partial charge in [0.25, 0.3) is 0 Å². The molecule has 21 heavy (non-hydrogen) atoms. The van der Waals surface area contributed by atoms with Gasteiger partial charge in [-0.3, -0.25) is 0 Å². The molecular weight excluding hydrogens is 502 g/mol. The molecule has 2 aliphatic carbocycles. The molecule has 116 valence electrons. The third-order valence-electron chi connectivity index (χ3n) is 5.70. The van der Waals surface area contributed by atoms with Crippen molar-refractivity contribution in [1.82, 2.24) is 7.06 Å². The molecule has 2 bridgehead atoms. The van der Waals surface area contributed by atoms with E-state index in [1.165, 1.54) is 0 Å². The Kier molecular flexibility index (Phi) is 2.77. The minimum absolute atomic E-state index is 0.00782. The number of halogens is 2. The van der Waals surface area contributed by atoms with Crippen LogP contribution in [0.5, 0.6) is 0 Å². The van der Waals surface area contributed by atoms with Crippen LogP contribution in [0.3, 0.4) is 0 Å². The van der Waals surface area contributed by atoms with E-state index in [9.17, 15) is 9.59 Å². The molecule has 0 amide bonds. The SMILES string of the molecule is O=C1CC2(CO1)CC1CC2CC1OC(=O)C(I)C12NI1N2. The summed E-state index contributed by atoms with van der Waals surface area (Å²) in [6.07, 6.45) is 3.59. The Morgan fingerprint density at radius 3 is 2.76 bits per heavy atom. The third-order valence-corrected chi connectivity index (χ3v) is 12.9. The summed E-state index contributed by atoms with van der Waals surface area (Å²) in [5.74, 6) is 0.777. The number of ether oxygens (including phenoxy) is 2. The molecule has 8 heteroatoms. The molecule has 1 spiro atoms. The van der Waals surface area contributed by atoms with Crippen molar-refractivity contribution in [2.24, 2.45) is 17.3 Å². The summed E-state index contributed by atoms with van der Waals surface area (Å²) in [6, 6.07) is 0. The first-order chi connectivity index (χ1) is 10.0. The number of nitrogens with one attached hydrogen (secondary N) is 2. The molecule has 2 saturated carbocycles. The number of esters is 2. The predicted molar refractivity (Wildman–Crippen MR) is 89.6 cm³/mol. The number of carbonyl (C=O) groups excluding carboxylic acids is 2. The average Bonchev–Trinajstić information content (AvgIpc) is 3.15. The van der Waals surface area contributed by atoms with E-state index < -0.39 is 20.4 Å². The number of fused-ring (bicyclic) bond motifs is 4. The van der Waals surface area contributed by atoms with E-state index in [1.807, 2.05) is 0 Å². The zero-order valence-corrected chi connectivity index (χ0v) is 15.5. The van der Waals surface area contributed by atoms with Crippen molar-refractivity contribution in [2.45, 2.75) is 39.4 Å². The van der Waals surface area contributed by atoms with Crippen molar-refractivity contribution in [3.63, 3.8) is 0 Å². The molecule has 5 rings (SSSR count). The molecule has 0 aromatic carbocycles. The van der Waals surface area contributed by atoms with Crippen LogP contribution in [0.15, 0.2) is 0 Å². The summed E-state index contributed by atoms with van der Waals surface area (Å²) in [5.41, 5.74) is 0.0576. The van der Waals surface area contributed by atoms with E-state index in [0.717, 1.165) is 19.3 Å². The van der Waals surface area contributed by atoms with E-state index in [-0.39, 0.29) is 31.1 Å². The predicted octanol–water partition coefficient (Wildman–Crippen LogP) is 1.26. The number of cyclic esters (lactones) is 1. The normalized spacial score (nSPS) is 47.2. The quantitative estimate of drug-likeness (QED) is 0.146. The standard InChI is InChI=1S/C13H16I2N2O4/c14-10(13-15(16-13)17-13)11(19)21-8-2-7-1-6(8)3-12(7)4-9(18)20-5-12/h6-8,10,16-17H,1-5H2. The van der Waals surface area contributed by atoms with Crippen LogP contribution in [0, 0.1) is 17.3 Å². The topological polar surface area (TPSA) is 96.5 Å². The summed E-state index contributed by atoms with van der Waals surface area (Å²) in [6.45, 7) is 0.577. The Morgan fingerprint density at radius 2 is 2.24 bits per heavy atom. The van der Waals surface area contributed by atoms with Gasteiger partial charge in [0.1, 0.15) is 0 Å². The Morgan fingerprint density at radius 1 is 1.48 bits per heavy atom. The van der Waals surface area contributed by atoms with Gasteiger partial charge >= 0.3 is 144 Å². The fraction of sp³-hybridized carbons (Fsp3) is 0.846. The van der Waals surface area contributed by atoms with Crippen molar-refractivity contribution in [2.75, 3.05) is 6.61 Å². The number of carbonyl (C=O) groups is 2. The maximum absolute atomic E-state index is 12.3. The third kappa shape index (κ3) is 1.87. The fourth-order valence-electron chi connectivity index (χ4n) is 4.44. The van der Waals surface area contributed by atoms with Gasteiger partial charge in [0.05, 0.1) is 0 Å². The number of hydrogen-bond donors (Lipinski definition) is 2. The van der Waals surface area contributed by atoms with Crippen LogP contribution in [0.2, 0.25) is 0 Å². The van der Waals surface area contributed by atoms with Gasteiger partial charge in [-0.15, -0.1) is 0 Å². The van der Waals surface area contributed by atoms with E-state index in [0.29, 0.717) is 24.9 Å². The van der Waals surface area contributed by atoms with Crippen LogP contribution in [-0.4, -0.2) is 32.2 Å². The fourth-order valence-corrected chi connectivity index (χ4v) is 11.8. The Bertz CT molecular complexity index is 552. The van der Waals surface area contributed by atoms with Gasteiger partial charge in [0.2, 0.25) is 0 Å². The van der Waals surface area contributed by atoms with Gasteiger partial charge in [0, 0.05) is 0 Å². The van der Waals surface area contributed by atoms with Gasteiger partial charge in [-0.25, -0.2) is 0 Å². The van der Waals surface area contributed by atoms with Crippen molar-refractivity contribution in [1.29, 1.82) is 0 Å². The molecule has 3 heterocycles. The van der Waals surface area contributed by atoms with Crippen molar-refractivity contribution in [3.8, 4) is 0 Å². The molecule has 3 saturated heterocycles. The second-order valence-electron chi connectivity index (χ2n) is 6.85. The molecule has 5 aliphatic rings. The van der Waals surface area contributed by atoms with Crippen LogP contribution in [-0.2, 0) is 19.1 Å². The first kappa shape index (κ1) is 13.7. The van der Waals surface area contributed by atoms with Crippen LogP contribution < -0.4 is 7.06 Å². The zero-order valence-electron chi connectivity index (χ0n) is 11.2. The summed E-state index contributed by atoms with van der Waals surface area (Å²) >= 11 is 1.12. The van der Waals surface area contributed by atoms with Crippen LogP contribution >= 0.6 is 43.0 Å². The Balaban J connectivity index is 1.23. The molecule has 5 unspecified atom stereocenters. The molecule has 5 atom stereocenters. The van der Waals surface area contributed by atoms with Gasteiger partial charge in [-0.1, -0.05) is 0 Å². The summed E-state index contributed by atoms with van der Waals surface area (Å²) in [7, 11) is 0. The maximum atomic E-state index is 12.3. The number of rotatable bonds is 3. The van der Waals surface area contributed by atoms with Crippen molar-refractivity contribution < 1.29 is 19.1 Å². The molecule has 3 aliphatic heterocycles. The van der Waals surface area contributed by atoms with Crippen LogP contribution in [0.4, 0.5) is 0 Å². The van der Waals surface area contributed by atoms with E-state index >= 15 is 0 Å². The summed E-state index contributed by atoms with van der Waals surface area (Å²) in [5, 5.41) is 0. The van der Waals surface area contributed by atoms with Gasteiger partial charge in [-0.05, 0) is 0 Å². The molecule has 0 aromatic heterocycles. The molecular formula is C13H16I2N2O4. The first-order valence-corrected chi connectivity index (χ1v) is 11.8.